The third-order valence-electron chi connectivity index (χ3n) is 4.58. The van der Waals surface area contributed by atoms with Gasteiger partial charge in [0.25, 0.3) is 0 Å². The molecule has 0 spiro atoms. The van der Waals surface area contributed by atoms with E-state index in [0.29, 0.717) is 18.9 Å². The Morgan fingerprint density at radius 2 is 1.93 bits per heavy atom. The lowest BCUT2D eigenvalue weighted by Gasteiger charge is -2.24. The summed E-state index contributed by atoms with van der Waals surface area (Å²) in [6, 6.07) is 11.4. The van der Waals surface area contributed by atoms with Crippen LogP contribution in [0.1, 0.15) is 11.1 Å². The standard InChI is InChI=1S/C22H29FN2O4/c1-16-5-4-6-21(17(16)2)24-22(27)14-25(11-12-28-3)13-19(26)15-29-20-9-7-18(23)8-10-20/h4-10,19,26H,11-15H2,1-3H3,(H,24,27). The quantitative estimate of drug-likeness (QED) is 0.603. The molecule has 0 aliphatic rings. The second kappa shape index (κ2) is 11.5. The molecule has 1 unspecified atom stereocenters. The monoisotopic (exact) mass is 404 g/mol. The molecule has 0 heterocycles. The number of aliphatic hydroxyl groups excluding tert-OH is 1. The normalized spacial score (nSPS) is 12.1. The van der Waals surface area contributed by atoms with Gasteiger partial charge in [0.2, 0.25) is 5.91 Å². The van der Waals surface area contributed by atoms with Gasteiger partial charge in [-0.05, 0) is 55.3 Å². The number of amides is 1. The number of nitrogens with zero attached hydrogens (tertiary/aromatic N) is 1. The van der Waals surface area contributed by atoms with Crippen molar-refractivity contribution in [3.8, 4) is 5.75 Å². The smallest absolute Gasteiger partial charge is 0.238 e. The maximum atomic E-state index is 12.9. The first-order valence-electron chi connectivity index (χ1n) is 9.53. The van der Waals surface area contributed by atoms with E-state index < -0.39 is 6.10 Å². The van der Waals surface area contributed by atoms with Crippen LogP contribution in [-0.4, -0.2) is 62.0 Å². The summed E-state index contributed by atoms with van der Waals surface area (Å²) in [6.45, 7) is 5.27. The average molecular weight is 404 g/mol. The lowest BCUT2D eigenvalue weighted by molar-refractivity contribution is -0.117. The van der Waals surface area contributed by atoms with E-state index >= 15 is 0 Å². The van der Waals surface area contributed by atoms with Crippen LogP contribution in [0.3, 0.4) is 0 Å². The van der Waals surface area contributed by atoms with Crippen LogP contribution in [0, 0.1) is 19.7 Å². The molecule has 0 aliphatic carbocycles. The summed E-state index contributed by atoms with van der Waals surface area (Å²) >= 11 is 0. The lowest BCUT2D eigenvalue weighted by Crippen LogP contribution is -2.42. The molecule has 0 saturated heterocycles. The summed E-state index contributed by atoms with van der Waals surface area (Å²) in [5.41, 5.74) is 2.91. The maximum Gasteiger partial charge on any atom is 0.238 e. The number of hydrogen-bond acceptors (Lipinski definition) is 5. The van der Waals surface area contributed by atoms with Crippen molar-refractivity contribution < 1.29 is 23.8 Å². The minimum absolute atomic E-state index is 0.0354. The fourth-order valence-corrected chi connectivity index (χ4v) is 2.81. The van der Waals surface area contributed by atoms with Gasteiger partial charge in [0.15, 0.2) is 0 Å². The second-order valence-corrected chi connectivity index (χ2v) is 6.94. The van der Waals surface area contributed by atoms with Gasteiger partial charge in [-0.15, -0.1) is 0 Å². The van der Waals surface area contributed by atoms with Gasteiger partial charge < -0.3 is 19.9 Å². The zero-order valence-electron chi connectivity index (χ0n) is 17.2. The van der Waals surface area contributed by atoms with Crippen LogP contribution in [0.5, 0.6) is 5.75 Å². The van der Waals surface area contributed by atoms with Gasteiger partial charge in [0, 0.05) is 25.9 Å². The van der Waals surface area contributed by atoms with Crippen molar-refractivity contribution in [1.29, 1.82) is 0 Å². The Morgan fingerprint density at radius 1 is 1.21 bits per heavy atom. The number of rotatable bonds is 11. The fourth-order valence-electron chi connectivity index (χ4n) is 2.81. The third-order valence-corrected chi connectivity index (χ3v) is 4.58. The number of nitrogens with one attached hydrogen (secondary N) is 1. The topological polar surface area (TPSA) is 71.0 Å². The van der Waals surface area contributed by atoms with Crippen LogP contribution in [0.4, 0.5) is 10.1 Å². The molecule has 0 bridgehead atoms. The molecular formula is C22H29FN2O4. The molecular weight excluding hydrogens is 375 g/mol. The molecule has 2 aromatic rings. The first-order valence-corrected chi connectivity index (χ1v) is 9.53. The van der Waals surface area contributed by atoms with E-state index in [2.05, 4.69) is 5.32 Å². The molecule has 0 radical (unpaired) electrons. The first-order chi connectivity index (χ1) is 13.9. The predicted molar refractivity (Wildman–Crippen MR) is 111 cm³/mol. The van der Waals surface area contributed by atoms with Gasteiger partial charge in [0.1, 0.15) is 24.3 Å². The van der Waals surface area contributed by atoms with Gasteiger partial charge in [-0.1, -0.05) is 12.1 Å². The van der Waals surface area contributed by atoms with Crippen LogP contribution in [0.15, 0.2) is 42.5 Å². The molecule has 0 aromatic heterocycles. The Labute approximate surface area is 171 Å². The lowest BCUT2D eigenvalue weighted by atomic mass is 10.1. The highest BCUT2D eigenvalue weighted by molar-refractivity contribution is 5.93. The fraction of sp³-hybridized carbons (Fsp3) is 0.409. The summed E-state index contributed by atoms with van der Waals surface area (Å²) in [5, 5.41) is 13.2. The van der Waals surface area contributed by atoms with E-state index in [-0.39, 0.29) is 31.4 Å². The molecule has 1 atom stereocenters. The summed E-state index contributed by atoms with van der Waals surface area (Å²) < 4.78 is 23.5. The molecule has 0 fully saturated rings. The Balaban J connectivity index is 1.88. The molecule has 158 valence electrons. The molecule has 0 saturated carbocycles. The van der Waals surface area contributed by atoms with Gasteiger partial charge in [-0.3, -0.25) is 9.69 Å². The Bertz CT molecular complexity index is 783. The summed E-state index contributed by atoms with van der Waals surface area (Å²) in [5.74, 6) is -0.0403. The van der Waals surface area contributed by atoms with Crippen molar-refractivity contribution in [2.24, 2.45) is 0 Å². The van der Waals surface area contributed by atoms with E-state index in [0.717, 1.165) is 16.8 Å². The van der Waals surface area contributed by atoms with Crippen molar-refractivity contribution in [3.05, 3.63) is 59.4 Å². The highest BCUT2D eigenvalue weighted by Crippen LogP contribution is 2.18. The maximum absolute atomic E-state index is 12.9. The molecule has 7 heteroatoms. The van der Waals surface area contributed by atoms with E-state index in [1.54, 1.807) is 7.11 Å². The summed E-state index contributed by atoms with van der Waals surface area (Å²) in [6.07, 6.45) is -0.814. The van der Waals surface area contributed by atoms with E-state index in [9.17, 15) is 14.3 Å². The van der Waals surface area contributed by atoms with Gasteiger partial charge in [0.05, 0.1) is 13.2 Å². The van der Waals surface area contributed by atoms with Crippen molar-refractivity contribution in [2.45, 2.75) is 20.0 Å². The Kier molecular flexibility index (Phi) is 9.05. The zero-order valence-corrected chi connectivity index (χ0v) is 17.2. The van der Waals surface area contributed by atoms with E-state index in [1.165, 1.54) is 24.3 Å². The molecule has 2 aromatic carbocycles. The SMILES string of the molecule is COCCN(CC(=O)Nc1cccc(C)c1C)CC(O)COc1ccc(F)cc1. The van der Waals surface area contributed by atoms with Crippen LogP contribution >= 0.6 is 0 Å². The van der Waals surface area contributed by atoms with Crippen molar-refractivity contribution in [1.82, 2.24) is 4.90 Å². The number of anilines is 1. The largest absolute Gasteiger partial charge is 0.491 e. The molecule has 2 N–H and O–H groups in total. The molecule has 0 aliphatic heterocycles. The van der Waals surface area contributed by atoms with Gasteiger partial charge in [-0.2, -0.15) is 0 Å². The molecule has 2 rings (SSSR count). The van der Waals surface area contributed by atoms with Crippen molar-refractivity contribution in [2.75, 3.05) is 45.3 Å². The van der Waals surface area contributed by atoms with E-state index in [1.807, 2.05) is 36.9 Å². The number of carbonyl (C=O) groups is 1. The number of halogens is 1. The minimum Gasteiger partial charge on any atom is -0.491 e. The number of methoxy groups -OCH3 is 1. The molecule has 29 heavy (non-hydrogen) atoms. The van der Waals surface area contributed by atoms with Crippen molar-refractivity contribution >= 4 is 11.6 Å². The number of aryl methyl sites for hydroxylation is 1. The Hall–Kier alpha value is -2.48. The van der Waals surface area contributed by atoms with Gasteiger partial charge >= 0.3 is 0 Å². The summed E-state index contributed by atoms with van der Waals surface area (Å²) in [4.78, 5) is 14.3. The predicted octanol–water partition coefficient (Wildman–Crippen LogP) is 2.77. The van der Waals surface area contributed by atoms with Crippen LogP contribution in [0.2, 0.25) is 0 Å². The minimum atomic E-state index is -0.814. The third kappa shape index (κ3) is 7.81. The number of ether oxygens (including phenoxy) is 2. The van der Waals surface area contributed by atoms with Crippen molar-refractivity contribution in [3.63, 3.8) is 0 Å². The van der Waals surface area contributed by atoms with E-state index in [4.69, 9.17) is 9.47 Å². The first kappa shape index (κ1) is 22.8. The average Bonchev–Trinajstić information content (AvgIpc) is 2.69. The highest BCUT2D eigenvalue weighted by atomic mass is 19.1. The summed E-state index contributed by atoms with van der Waals surface area (Å²) in [7, 11) is 1.59. The number of benzene rings is 2. The van der Waals surface area contributed by atoms with Crippen LogP contribution in [0.25, 0.3) is 0 Å². The number of hydrogen-bond donors (Lipinski definition) is 2. The Morgan fingerprint density at radius 3 is 2.62 bits per heavy atom. The molecule has 6 nitrogen and oxygen atoms in total. The number of aliphatic hydroxyl groups is 1. The highest BCUT2D eigenvalue weighted by Gasteiger charge is 2.16. The van der Waals surface area contributed by atoms with Crippen LogP contribution in [-0.2, 0) is 9.53 Å². The van der Waals surface area contributed by atoms with Gasteiger partial charge in [-0.25, -0.2) is 4.39 Å². The molecule has 1 amide bonds. The second-order valence-electron chi connectivity index (χ2n) is 6.94. The van der Waals surface area contributed by atoms with Crippen LogP contribution < -0.4 is 10.1 Å². The zero-order chi connectivity index (χ0) is 21.2. The number of carbonyl (C=O) groups excluding carboxylic acids is 1.